The van der Waals surface area contributed by atoms with Crippen molar-refractivity contribution in [2.75, 3.05) is 18.5 Å². The Morgan fingerprint density at radius 1 is 0.789 bits per heavy atom. The maximum Gasteiger partial charge on any atom is 0.407 e. The van der Waals surface area contributed by atoms with E-state index < -0.39 is 6.09 Å². The molecule has 0 atom stereocenters. The lowest BCUT2D eigenvalue weighted by Crippen LogP contribution is -2.33. The van der Waals surface area contributed by atoms with E-state index in [1.54, 1.807) is 0 Å². The van der Waals surface area contributed by atoms with Crippen LogP contribution in [0, 0.1) is 13.8 Å². The van der Waals surface area contributed by atoms with Gasteiger partial charge in [0.2, 0.25) is 5.91 Å². The van der Waals surface area contributed by atoms with Crippen molar-refractivity contribution in [3.8, 4) is 11.1 Å². The molecule has 2 N–H and O–H groups in total. The minimum Gasteiger partial charge on any atom is -0.449 e. The summed E-state index contributed by atoms with van der Waals surface area (Å²) in [5.41, 5.74) is 9.87. The molecular weight excluding hydrogens is 472 g/mol. The lowest BCUT2D eigenvalue weighted by Gasteiger charge is -2.14. The van der Waals surface area contributed by atoms with Gasteiger partial charge in [-0.15, -0.1) is 0 Å². The smallest absolute Gasteiger partial charge is 0.407 e. The summed E-state index contributed by atoms with van der Waals surface area (Å²) in [6.07, 6.45) is 3.50. The van der Waals surface area contributed by atoms with Gasteiger partial charge in [0.25, 0.3) is 0 Å². The molecule has 190 valence electrons. The van der Waals surface area contributed by atoms with Crippen LogP contribution in [0.4, 0.5) is 10.5 Å². The molecule has 2 amide bonds. The van der Waals surface area contributed by atoms with E-state index in [1.807, 2.05) is 54.6 Å². The van der Waals surface area contributed by atoms with Crippen molar-refractivity contribution in [3.05, 3.63) is 124 Å². The number of anilines is 1. The van der Waals surface area contributed by atoms with E-state index in [9.17, 15) is 9.59 Å². The van der Waals surface area contributed by atoms with Gasteiger partial charge < -0.3 is 15.4 Å². The van der Waals surface area contributed by atoms with Crippen molar-refractivity contribution in [1.82, 2.24) is 5.32 Å². The highest BCUT2D eigenvalue weighted by atomic mass is 16.5. The molecule has 1 aliphatic carbocycles. The fraction of sp³-hybridized carbons (Fsp3) is 0.152. The maximum absolute atomic E-state index is 12.5. The molecule has 4 aromatic carbocycles. The van der Waals surface area contributed by atoms with Crippen LogP contribution < -0.4 is 10.6 Å². The zero-order valence-electron chi connectivity index (χ0n) is 21.5. The zero-order valence-corrected chi connectivity index (χ0v) is 21.5. The third-order valence-electron chi connectivity index (χ3n) is 6.89. The third kappa shape index (κ3) is 5.52. The standard InChI is InChI=1S/C33H30N2O3/c1-22-9-7-10-23(2)26(22)18-17-24-11-8-12-25(19-24)35-32(36)20-34-33(37)38-21-31-29-15-5-3-13-27(29)28-14-4-6-16-30(28)31/h3-19,31H,20-21H2,1-2H3,(H,34,37)(H,35,36). The summed E-state index contributed by atoms with van der Waals surface area (Å²) in [5.74, 6) is -0.351. The Kier molecular flexibility index (Phi) is 7.36. The van der Waals surface area contributed by atoms with Gasteiger partial charge in [0.05, 0.1) is 0 Å². The first-order chi connectivity index (χ1) is 18.5. The van der Waals surface area contributed by atoms with E-state index in [2.05, 4.69) is 73.0 Å². The second kappa shape index (κ2) is 11.2. The first-order valence-electron chi connectivity index (χ1n) is 12.7. The van der Waals surface area contributed by atoms with E-state index in [0.29, 0.717) is 5.69 Å². The van der Waals surface area contributed by atoms with Gasteiger partial charge in [0.15, 0.2) is 0 Å². The predicted octanol–water partition coefficient (Wildman–Crippen LogP) is 6.95. The van der Waals surface area contributed by atoms with Crippen LogP contribution in [0.5, 0.6) is 0 Å². The molecule has 0 heterocycles. The van der Waals surface area contributed by atoms with E-state index in [-0.39, 0.29) is 25.0 Å². The number of benzene rings is 4. The second-order valence-corrected chi connectivity index (χ2v) is 9.49. The Labute approximate surface area is 223 Å². The molecule has 4 aromatic rings. The Morgan fingerprint density at radius 2 is 1.42 bits per heavy atom. The molecule has 0 aliphatic heterocycles. The molecule has 0 saturated heterocycles. The van der Waals surface area contributed by atoms with Crippen molar-refractivity contribution in [2.45, 2.75) is 19.8 Å². The van der Waals surface area contributed by atoms with Crippen LogP contribution in [0.1, 0.15) is 39.3 Å². The summed E-state index contributed by atoms with van der Waals surface area (Å²) in [4.78, 5) is 24.9. The highest BCUT2D eigenvalue weighted by Gasteiger charge is 2.29. The highest BCUT2D eigenvalue weighted by molar-refractivity contribution is 5.94. The van der Waals surface area contributed by atoms with E-state index in [1.165, 1.54) is 27.8 Å². The van der Waals surface area contributed by atoms with Crippen LogP contribution >= 0.6 is 0 Å². The van der Waals surface area contributed by atoms with Crippen molar-refractivity contribution < 1.29 is 14.3 Å². The Balaban J connectivity index is 1.14. The monoisotopic (exact) mass is 502 g/mol. The first kappa shape index (κ1) is 25.0. The number of amides is 2. The zero-order chi connectivity index (χ0) is 26.5. The fourth-order valence-corrected chi connectivity index (χ4v) is 5.00. The summed E-state index contributed by atoms with van der Waals surface area (Å²) in [6.45, 7) is 4.20. The molecule has 0 saturated carbocycles. The Morgan fingerprint density at radius 3 is 2.11 bits per heavy atom. The topological polar surface area (TPSA) is 67.4 Å². The third-order valence-corrected chi connectivity index (χ3v) is 6.89. The van der Waals surface area contributed by atoms with Crippen LogP contribution in [0.3, 0.4) is 0 Å². The highest BCUT2D eigenvalue weighted by Crippen LogP contribution is 2.44. The van der Waals surface area contributed by atoms with E-state index in [4.69, 9.17) is 4.74 Å². The number of carbonyl (C=O) groups excluding carboxylic acids is 2. The number of fused-ring (bicyclic) bond motifs is 3. The SMILES string of the molecule is Cc1cccc(C)c1C=Cc1cccc(NC(=O)CNC(=O)OCC2c3ccccc3-c3ccccc32)c1. The summed E-state index contributed by atoms with van der Waals surface area (Å²) >= 11 is 0. The van der Waals surface area contributed by atoms with Crippen molar-refractivity contribution in [3.63, 3.8) is 0 Å². The Bertz CT molecular complexity index is 1460. The molecule has 0 unspecified atom stereocenters. The maximum atomic E-state index is 12.5. The molecule has 38 heavy (non-hydrogen) atoms. The Hall–Kier alpha value is -4.64. The number of carbonyl (C=O) groups is 2. The van der Waals surface area contributed by atoms with Gasteiger partial charge in [-0.2, -0.15) is 0 Å². The number of rotatable bonds is 7. The van der Waals surface area contributed by atoms with Crippen LogP contribution in [0.15, 0.2) is 91.0 Å². The fourth-order valence-electron chi connectivity index (χ4n) is 5.00. The second-order valence-electron chi connectivity index (χ2n) is 9.49. The van der Waals surface area contributed by atoms with Gasteiger partial charge in [0, 0.05) is 11.6 Å². The first-order valence-corrected chi connectivity index (χ1v) is 12.7. The van der Waals surface area contributed by atoms with Gasteiger partial charge in [-0.25, -0.2) is 4.79 Å². The minimum atomic E-state index is -0.618. The minimum absolute atomic E-state index is 0.0266. The molecule has 5 heteroatoms. The number of nitrogens with one attached hydrogen (secondary N) is 2. The van der Waals surface area contributed by atoms with E-state index in [0.717, 1.165) is 16.7 Å². The predicted molar refractivity (Wildman–Crippen MR) is 153 cm³/mol. The molecule has 0 aromatic heterocycles. The largest absolute Gasteiger partial charge is 0.449 e. The van der Waals surface area contributed by atoms with Gasteiger partial charge in [-0.3, -0.25) is 4.79 Å². The van der Waals surface area contributed by atoms with Crippen molar-refractivity contribution in [1.29, 1.82) is 0 Å². The molecule has 0 fully saturated rings. The van der Waals surface area contributed by atoms with Gasteiger partial charge in [-0.1, -0.05) is 91.0 Å². The van der Waals surface area contributed by atoms with Crippen molar-refractivity contribution in [2.24, 2.45) is 0 Å². The van der Waals surface area contributed by atoms with Crippen LogP contribution in [-0.2, 0) is 9.53 Å². The summed E-state index contributed by atoms with van der Waals surface area (Å²) in [7, 11) is 0. The van der Waals surface area contributed by atoms with Gasteiger partial charge >= 0.3 is 6.09 Å². The summed E-state index contributed by atoms with van der Waals surface area (Å²) < 4.78 is 5.51. The van der Waals surface area contributed by atoms with E-state index >= 15 is 0 Å². The van der Waals surface area contributed by atoms with Crippen molar-refractivity contribution >= 4 is 29.8 Å². The number of aryl methyl sites for hydroxylation is 2. The van der Waals surface area contributed by atoms with Gasteiger partial charge in [0.1, 0.15) is 13.2 Å². The number of hydrogen-bond donors (Lipinski definition) is 2. The normalized spacial score (nSPS) is 12.2. The lowest BCUT2D eigenvalue weighted by molar-refractivity contribution is -0.115. The van der Waals surface area contributed by atoms with Gasteiger partial charge in [-0.05, 0) is 70.5 Å². The molecule has 5 rings (SSSR count). The quantitative estimate of drug-likeness (QED) is 0.269. The summed E-state index contributed by atoms with van der Waals surface area (Å²) in [6, 6.07) is 30.2. The molecule has 5 nitrogen and oxygen atoms in total. The average Bonchev–Trinajstić information content (AvgIpc) is 3.24. The van der Waals surface area contributed by atoms with Crippen LogP contribution in [0.25, 0.3) is 23.3 Å². The molecule has 0 bridgehead atoms. The number of hydrogen-bond acceptors (Lipinski definition) is 3. The molecule has 0 spiro atoms. The summed E-state index contributed by atoms with van der Waals surface area (Å²) in [5, 5.41) is 5.40. The molecule has 1 aliphatic rings. The van der Waals surface area contributed by atoms with Crippen LogP contribution in [-0.4, -0.2) is 25.2 Å². The number of ether oxygens (including phenoxy) is 1. The lowest BCUT2D eigenvalue weighted by atomic mass is 9.98. The number of alkyl carbamates (subject to hydrolysis) is 1. The molecular formula is C33H30N2O3. The molecule has 0 radical (unpaired) electrons. The average molecular weight is 503 g/mol. The van der Waals surface area contributed by atoms with Crippen LogP contribution in [0.2, 0.25) is 0 Å².